The number of nitrogens with zero attached hydrogens (tertiary/aromatic N) is 1. The maximum Gasteiger partial charge on any atom is 0.152 e. The van der Waals surface area contributed by atoms with Crippen LogP contribution in [0.5, 0.6) is 5.75 Å². The van der Waals surface area contributed by atoms with Gasteiger partial charge in [0.15, 0.2) is 5.82 Å². The van der Waals surface area contributed by atoms with Gasteiger partial charge in [0, 0.05) is 30.9 Å². The molecule has 0 saturated heterocycles. The van der Waals surface area contributed by atoms with E-state index in [9.17, 15) is 8.78 Å². The second kappa shape index (κ2) is 5.44. The molecule has 2 rings (SSSR count). The Balaban J connectivity index is 1.99. The van der Waals surface area contributed by atoms with Crippen molar-refractivity contribution in [1.82, 2.24) is 4.98 Å². The van der Waals surface area contributed by atoms with Gasteiger partial charge in [0.2, 0.25) is 0 Å². The Morgan fingerprint density at radius 2 is 2.11 bits per heavy atom. The van der Waals surface area contributed by atoms with Crippen molar-refractivity contribution in [1.29, 1.82) is 0 Å². The van der Waals surface area contributed by atoms with Crippen molar-refractivity contribution in [2.45, 2.75) is 6.42 Å². The Morgan fingerprint density at radius 1 is 1.28 bits per heavy atom. The van der Waals surface area contributed by atoms with E-state index in [0.29, 0.717) is 6.42 Å². The Hall–Kier alpha value is -2.17. The van der Waals surface area contributed by atoms with Crippen LogP contribution in [0.1, 0.15) is 5.56 Å². The topological polar surface area (TPSA) is 48.1 Å². The Bertz CT molecular complexity index is 532. The first kappa shape index (κ1) is 12.3. The molecular weight excluding hydrogens is 238 g/mol. The summed E-state index contributed by atoms with van der Waals surface area (Å²) in [5.41, 5.74) is 6.25. The first-order valence-corrected chi connectivity index (χ1v) is 5.43. The highest BCUT2D eigenvalue weighted by Gasteiger charge is 2.09. The second-order valence-corrected chi connectivity index (χ2v) is 3.76. The van der Waals surface area contributed by atoms with E-state index in [1.54, 1.807) is 12.4 Å². The third-order valence-electron chi connectivity index (χ3n) is 2.43. The van der Waals surface area contributed by atoms with E-state index < -0.39 is 11.6 Å². The molecule has 0 amide bonds. The molecule has 0 aliphatic carbocycles. The predicted octanol–water partition coefficient (Wildman–Crippen LogP) is 2.56. The third kappa shape index (κ3) is 2.94. The Labute approximate surface area is 103 Å². The second-order valence-electron chi connectivity index (χ2n) is 3.76. The van der Waals surface area contributed by atoms with E-state index >= 15 is 0 Å². The summed E-state index contributed by atoms with van der Waals surface area (Å²) in [6, 6.07) is 5.50. The van der Waals surface area contributed by atoms with Crippen LogP contribution in [0, 0.1) is 11.6 Å². The molecule has 2 aromatic rings. The summed E-state index contributed by atoms with van der Waals surface area (Å²) in [6.07, 6.45) is 3.97. The van der Waals surface area contributed by atoms with E-state index in [0.717, 1.165) is 17.7 Å². The molecule has 5 heteroatoms. The number of hydrogen-bond donors (Lipinski definition) is 1. The molecule has 0 aliphatic heterocycles. The summed E-state index contributed by atoms with van der Waals surface area (Å²) in [4.78, 5) is 3.96. The smallest absolute Gasteiger partial charge is 0.152 e. The molecule has 3 nitrogen and oxygen atoms in total. The lowest BCUT2D eigenvalue weighted by Crippen LogP contribution is -2.05. The number of pyridine rings is 1. The standard InChI is InChI=1S/C13H12F2N2O/c14-10-6-11(15)13(16)12(7-10)18-5-3-9-2-1-4-17-8-9/h1-2,4,6-8H,3,5,16H2. The summed E-state index contributed by atoms with van der Waals surface area (Å²) in [6.45, 7) is 0.277. The van der Waals surface area contributed by atoms with Crippen LogP contribution in [0.4, 0.5) is 14.5 Å². The number of nitrogens with two attached hydrogens (primary N) is 1. The molecule has 2 N–H and O–H groups in total. The minimum Gasteiger partial charge on any atom is -0.491 e. The van der Waals surface area contributed by atoms with Crippen molar-refractivity contribution in [2.24, 2.45) is 0 Å². The number of benzene rings is 1. The number of aromatic nitrogens is 1. The zero-order valence-corrected chi connectivity index (χ0v) is 9.57. The number of nitrogen functional groups attached to an aromatic ring is 1. The van der Waals surface area contributed by atoms with E-state index in [2.05, 4.69) is 4.98 Å². The zero-order valence-electron chi connectivity index (χ0n) is 9.57. The van der Waals surface area contributed by atoms with Gasteiger partial charge in [0.1, 0.15) is 17.3 Å². The SMILES string of the molecule is Nc1c(F)cc(F)cc1OCCc1cccnc1. The van der Waals surface area contributed by atoms with E-state index in [1.807, 2.05) is 12.1 Å². The van der Waals surface area contributed by atoms with Crippen molar-refractivity contribution in [2.75, 3.05) is 12.3 Å². The van der Waals surface area contributed by atoms with Gasteiger partial charge in [-0.15, -0.1) is 0 Å². The van der Waals surface area contributed by atoms with Crippen LogP contribution in [0.25, 0.3) is 0 Å². The van der Waals surface area contributed by atoms with Crippen LogP contribution >= 0.6 is 0 Å². The lowest BCUT2D eigenvalue weighted by atomic mass is 10.2. The van der Waals surface area contributed by atoms with Crippen molar-refractivity contribution < 1.29 is 13.5 Å². The Kier molecular flexibility index (Phi) is 3.72. The van der Waals surface area contributed by atoms with Crippen LogP contribution in [-0.2, 0) is 6.42 Å². The molecule has 1 heterocycles. The highest BCUT2D eigenvalue weighted by molar-refractivity contribution is 5.53. The van der Waals surface area contributed by atoms with E-state index in [-0.39, 0.29) is 18.0 Å². The molecule has 0 unspecified atom stereocenters. The van der Waals surface area contributed by atoms with Gasteiger partial charge in [0.25, 0.3) is 0 Å². The zero-order chi connectivity index (χ0) is 13.0. The van der Waals surface area contributed by atoms with Gasteiger partial charge in [-0.2, -0.15) is 0 Å². The molecule has 0 radical (unpaired) electrons. The molecule has 0 fully saturated rings. The van der Waals surface area contributed by atoms with Crippen molar-refractivity contribution in [3.05, 3.63) is 53.9 Å². The molecule has 94 valence electrons. The molecule has 1 aromatic heterocycles. The maximum atomic E-state index is 13.1. The molecule has 0 atom stereocenters. The molecule has 18 heavy (non-hydrogen) atoms. The molecular formula is C13H12F2N2O. The van der Waals surface area contributed by atoms with Crippen LogP contribution in [0.3, 0.4) is 0 Å². The third-order valence-corrected chi connectivity index (χ3v) is 2.43. The minimum absolute atomic E-state index is 0.0244. The number of anilines is 1. The van der Waals surface area contributed by atoms with Crippen LogP contribution in [0.2, 0.25) is 0 Å². The summed E-state index contributed by atoms with van der Waals surface area (Å²) < 4.78 is 31.4. The first-order chi connectivity index (χ1) is 8.66. The quantitative estimate of drug-likeness (QED) is 0.848. The summed E-state index contributed by atoms with van der Waals surface area (Å²) in [7, 11) is 0. The van der Waals surface area contributed by atoms with Gasteiger partial charge in [-0.25, -0.2) is 8.78 Å². The predicted molar refractivity (Wildman–Crippen MR) is 64.2 cm³/mol. The molecule has 1 aromatic carbocycles. The number of rotatable bonds is 4. The van der Waals surface area contributed by atoms with Gasteiger partial charge in [-0.1, -0.05) is 6.07 Å². The van der Waals surface area contributed by atoms with Gasteiger partial charge in [-0.3, -0.25) is 4.98 Å². The molecule has 0 bridgehead atoms. The lowest BCUT2D eigenvalue weighted by molar-refractivity contribution is 0.320. The van der Waals surface area contributed by atoms with Gasteiger partial charge < -0.3 is 10.5 Å². The number of halogens is 2. The summed E-state index contributed by atoms with van der Waals surface area (Å²) in [5, 5.41) is 0. The van der Waals surface area contributed by atoms with Crippen molar-refractivity contribution in [3.63, 3.8) is 0 Å². The first-order valence-electron chi connectivity index (χ1n) is 5.43. The highest BCUT2D eigenvalue weighted by atomic mass is 19.1. The van der Waals surface area contributed by atoms with E-state index in [4.69, 9.17) is 10.5 Å². The summed E-state index contributed by atoms with van der Waals surface area (Å²) >= 11 is 0. The number of ether oxygens (including phenoxy) is 1. The monoisotopic (exact) mass is 250 g/mol. The van der Waals surface area contributed by atoms with Crippen LogP contribution < -0.4 is 10.5 Å². The lowest BCUT2D eigenvalue weighted by Gasteiger charge is -2.09. The van der Waals surface area contributed by atoms with Gasteiger partial charge >= 0.3 is 0 Å². The fraction of sp³-hybridized carbons (Fsp3) is 0.154. The molecule has 0 aliphatic rings. The van der Waals surface area contributed by atoms with Gasteiger partial charge in [-0.05, 0) is 11.6 Å². The minimum atomic E-state index is -0.814. The van der Waals surface area contributed by atoms with Crippen LogP contribution in [-0.4, -0.2) is 11.6 Å². The largest absolute Gasteiger partial charge is 0.491 e. The van der Waals surface area contributed by atoms with Gasteiger partial charge in [0.05, 0.1) is 6.61 Å². The fourth-order valence-electron chi connectivity index (χ4n) is 1.51. The average molecular weight is 250 g/mol. The average Bonchev–Trinajstić information content (AvgIpc) is 2.36. The van der Waals surface area contributed by atoms with Crippen LogP contribution in [0.15, 0.2) is 36.7 Å². The fourth-order valence-corrected chi connectivity index (χ4v) is 1.51. The van der Waals surface area contributed by atoms with Crippen molar-refractivity contribution in [3.8, 4) is 5.75 Å². The molecule has 0 spiro atoms. The normalized spacial score (nSPS) is 10.3. The summed E-state index contributed by atoms with van der Waals surface area (Å²) in [5.74, 6) is -1.50. The maximum absolute atomic E-state index is 13.1. The Morgan fingerprint density at radius 3 is 2.83 bits per heavy atom. The highest BCUT2D eigenvalue weighted by Crippen LogP contribution is 2.25. The van der Waals surface area contributed by atoms with E-state index in [1.165, 1.54) is 0 Å². The molecule has 0 saturated carbocycles. The number of hydrogen-bond acceptors (Lipinski definition) is 3. The van der Waals surface area contributed by atoms with Crippen molar-refractivity contribution >= 4 is 5.69 Å².